The monoisotopic (exact) mass is 585 g/mol. The molecular weight excluding hydrogens is 551 g/mol. The number of hydrogen-bond donors (Lipinski definition) is 2. The van der Waals surface area contributed by atoms with Gasteiger partial charge in [-0.05, 0) is 40.0 Å². The number of H-pyrrole nitrogens is 1. The molecule has 0 radical (unpaired) electrons. The van der Waals surface area contributed by atoms with Crippen LogP contribution in [0.2, 0.25) is 0 Å². The molecule has 2 fully saturated rings. The lowest BCUT2D eigenvalue weighted by molar-refractivity contribution is 0.0981. The Bertz CT molecular complexity index is 1490. The number of aromatic nitrogens is 3. The van der Waals surface area contributed by atoms with Crippen molar-refractivity contribution in [3.63, 3.8) is 0 Å². The number of carbonyl (C=O) groups is 1. The number of carbonyl (C=O) groups excluding carboxylic acids is 1. The second-order valence-corrected chi connectivity index (χ2v) is 10.9. The van der Waals surface area contributed by atoms with Gasteiger partial charge in [0.05, 0.1) is 36.2 Å². The molecule has 0 unspecified atom stereocenters. The van der Waals surface area contributed by atoms with Crippen LogP contribution in [0.3, 0.4) is 0 Å². The van der Waals surface area contributed by atoms with Crippen LogP contribution >= 0.6 is 0 Å². The van der Waals surface area contributed by atoms with Gasteiger partial charge >= 0.3 is 0 Å². The van der Waals surface area contributed by atoms with Crippen LogP contribution in [0.15, 0.2) is 41.6 Å². The highest BCUT2D eigenvalue weighted by molar-refractivity contribution is 6.07. The number of aromatic amines is 1. The zero-order chi connectivity index (χ0) is 30.1. The van der Waals surface area contributed by atoms with Crippen molar-refractivity contribution in [3.05, 3.63) is 64.1 Å². The largest absolute Gasteiger partial charge is 0.377 e. The number of hydrogen-bond acceptors (Lipinski definition) is 8. The Morgan fingerprint density at radius 3 is 2.43 bits per heavy atom. The number of nitrogens with one attached hydrogen (secondary N) is 2. The van der Waals surface area contributed by atoms with Crippen molar-refractivity contribution in [3.8, 4) is 11.1 Å². The first-order valence-electron chi connectivity index (χ1n) is 13.8. The quantitative estimate of drug-likeness (QED) is 0.449. The lowest BCUT2D eigenvalue weighted by atomic mass is 10.0. The minimum atomic E-state index is -3.04. The molecule has 3 atom stereocenters. The van der Waals surface area contributed by atoms with Crippen LogP contribution < -0.4 is 20.7 Å². The van der Waals surface area contributed by atoms with Gasteiger partial charge in [-0.2, -0.15) is 0 Å². The van der Waals surface area contributed by atoms with Crippen LogP contribution in [0.25, 0.3) is 11.1 Å². The molecule has 1 amide bonds. The highest BCUT2D eigenvalue weighted by Crippen LogP contribution is 2.36. The molecule has 2 aromatic heterocycles. The number of rotatable bonds is 6. The van der Waals surface area contributed by atoms with Gasteiger partial charge in [-0.25, -0.2) is 23.1 Å². The summed E-state index contributed by atoms with van der Waals surface area (Å²) in [6.07, 6.45) is 0.957. The summed E-state index contributed by atoms with van der Waals surface area (Å²) in [6, 6.07) is 3.87. The second-order valence-electron chi connectivity index (χ2n) is 10.9. The van der Waals surface area contributed by atoms with E-state index >= 15 is 4.39 Å². The summed E-state index contributed by atoms with van der Waals surface area (Å²) in [5.74, 6) is -0.905. The Balaban J connectivity index is 1.54. The van der Waals surface area contributed by atoms with Crippen LogP contribution in [0, 0.1) is 5.82 Å². The second kappa shape index (κ2) is 12.1. The Kier molecular flexibility index (Phi) is 8.50. The number of amides is 1. The third-order valence-corrected chi connectivity index (χ3v) is 8.04. The molecule has 10 nitrogen and oxygen atoms in total. The molecule has 13 heteroatoms. The molecule has 0 saturated carbocycles. The van der Waals surface area contributed by atoms with Crippen molar-refractivity contribution < 1.29 is 22.7 Å². The normalized spacial score (nSPS) is 21.6. The van der Waals surface area contributed by atoms with Crippen molar-refractivity contribution in [1.82, 2.24) is 19.9 Å². The smallest absolute Gasteiger partial charge is 0.264 e. The van der Waals surface area contributed by atoms with Gasteiger partial charge < -0.3 is 24.8 Å². The molecule has 2 aliphatic heterocycles. The number of alkyl halides is 2. The number of piperazine rings is 1. The zero-order valence-electron chi connectivity index (χ0n) is 23.9. The zero-order valence-corrected chi connectivity index (χ0v) is 23.9. The summed E-state index contributed by atoms with van der Waals surface area (Å²) in [4.78, 5) is 42.4. The SMILES string of the molecule is C[C@@H]1COCCN1c1ncc(-c2cc(NC(=O)c3c[nH]c(=O)cc3C(F)F)c(N3C[C@@H](C)N(C)[C@@H](C)C3)cc2F)cn1. The van der Waals surface area contributed by atoms with Crippen LogP contribution in [0.1, 0.15) is 43.1 Å². The van der Waals surface area contributed by atoms with E-state index in [4.69, 9.17) is 4.74 Å². The van der Waals surface area contributed by atoms with Gasteiger partial charge in [0.25, 0.3) is 12.3 Å². The number of morpholine rings is 1. The molecule has 42 heavy (non-hydrogen) atoms. The van der Waals surface area contributed by atoms with Crippen molar-refractivity contribution in [2.24, 2.45) is 0 Å². The molecule has 224 valence electrons. The molecule has 0 bridgehead atoms. The minimum Gasteiger partial charge on any atom is -0.377 e. The van der Waals surface area contributed by atoms with Gasteiger partial charge in [0, 0.05) is 73.1 Å². The van der Waals surface area contributed by atoms with E-state index in [9.17, 15) is 18.4 Å². The van der Waals surface area contributed by atoms with Crippen LogP contribution in [-0.4, -0.2) is 83.8 Å². The summed E-state index contributed by atoms with van der Waals surface area (Å²) in [7, 11) is 2.02. The number of halogens is 3. The van der Waals surface area contributed by atoms with Crippen LogP contribution in [0.5, 0.6) is 0 Å². The molecule has 0 spiro atoms. The molecule has 2 N–H and O–H groups in total. The molecule has 1 aromatic carbocycles. The standard InChI is InChI=1S/C29H34F3N7O3/c1-16-13-38(14-17(2)37(16)4)25-9-23(30)20(19-10-34-29(35-11-19)39-5-6-42-15-18(39)3)7-24(25)36-28(41)22-12-33-26(40)8-21(22)27(31)32/h7-12,16-18,27H,5-6,13-15H2,1-4H3,(H,33,40)(H,36,41)/t16-,17+,18-/m1/s1. The highest BCUT2D eigenvalue weighted by Gasteiger charge is 2.30. The fourth-order valence-electron chi connectivity index (χ4n) is 5.43. The Morgan fingerprint density at radius 1 is 1.10 bits per heavy atom. The summed E-state index contributed by atoms with van der Waals surface area (Å²) in [6.45, 7) is 8.96. The van der Waals surface area contributed by atoms with E-state index < -0.39 is 29.3 Å². The van der Waals surface area contributed by atoms with Gasteiger partial charge in [-0.1, -0.05) is 0 Å². The summed E-state index contributed by atoms with van der Waals surface area (Å²) < 4.78 is 48.7. The highest BCUT2D eigenvalue weighted by atomic mass is 19.3. The maximum absolute atomic E-state index is 15.8. The Labute approximate surface area is 241 Å². The maximum Gasteiger partial charge on any atom is 0.264 e. The summed E-state index contributed by atoms with van der Waals surface area (Å²) in [5, 5.41) is 2.71. The van der Waals surface area contributed by atoms with Crippen molar-refractivity contribution in [2.75, 3.05) is 55.0 Å². The predicted octanol–water partition coefficient (Wildman–Crippen LogP) is 3.91. The molecular formula is C29H34F3N7O3. The van der Waals surface area contributed by atoms with E-state index in [-0.39, 0.29) is 34.9 Å². The Morgan fingerprint density at radius 2 is 1.79 bits per heavy atom. The first kappa shape index (κ1) is 29.5. The van der Waals surface area contributed by atoms with Gasteiger partial charge in [0.15, 0.2) is 0 Å². The third-order valence-electron chi connectivity index (χ3n) is 8.04. The van der Waals surface area contributed by atoms with Crippen molar-refractivity contribution in [1.29, 1.82) is 0 Å². The number of anilines is 3. The van der Waals surface area contributed by atoms with Gasteiger partial charge in [0.1, 0.15) is 5.82 Å². The molecule has 5 rings (SSSR count). The van der Waals surface area contributed by atoms with Crippen molar-refractivity contribution in [2.45, 2.75) is 45.3 Å². The van der Waals surface area contributed by atoms with E-state index in [1.807, 2.05) is 23.8 Å². The van der Waals surface area contributed by atoms with E-state index in [0.717, 1.165) is 6.20 Å². The molecule has 2 saturated heterocycles. The van der Waals surface area contributed by atoms with E-state index in [1.54, 1.807) is 0 Å². The Hall–Kier alpha value is -3.97. The molecule has 3 aromatic rings. The molecule has 0 aliphatic carbocycles. The summed E-state index contributed by atoms with van der Waals surface area (Å²) in [5.41, 5.74) is -0.645. The summed E-state index contributed by atoms with van der Waals surface area (Å²) >= 11 is 0. The predicted molar refractivity (Wildman–Crippen MR) is 154 cm³/mol. The fourth-order valence-corrected chi connectivity index (χ4v) is 5.43. The number of nitrogens with zero attached hydrogens (tertiary/aromatic N) is 5. The molecule has 2 aliphatic rings. The van der Waals surface area contributed by atoms with Gasteiger partial charge in [-0.3, -0.25) is 14.5 Å². The average molecular weight is 586 g/mol. The average Bonchev–Trinajstić information content (AvgIpc) is 2.96. The minimum absolute atomic E-state index is 0.0851. The van der Waals surface area contributed by atoms with Gasteiger partial charge in [0.2, 0.25) is 11.5 Å². The lowest BCUT2D eigenvalue weighted by Crippen LogP contribution is -2.55. The van der Waals surface area contributed by atoms with E-state index in [1.165, 1.54) is 24.5 Å². The van der Waals surface area contributed by atoms with Gasteiger partial charge in [-0.15, -0.1) is 0 Å². The number of pyridine rings is 1. The van der Waals surface area contributed by atoms with E-state index in [0.29, 0.717) is 56.1 Å². The lowest BCUT2D eigenvalue weighted by Gasteiger charge is -2.44. The van der Waals surface area contributed by atoms with Crippen molar-refractivity contribution >= 4 is 23.2 Å². The first-order valence-corrected chi connectivity index (χ1v) is 13.8. The van der Waals surface area contributed by atoms with E-state index in [2.05, 4.69) is 39.0 Å². The third kappa shape index (κ3) is 5.97. The topological polar surface area (TPSA) is 107 Å². The van der Waals surface area contributed by atoms with Crippen LogP contribution in [-0.2, 0) is 4.74 Å². The fraction of sp³-hybridized carbons (Fsp3) is 0.448. The molecule has 4 heterocycles. The maximum atomic E-state index is 15.8. The number of likely N-dealkylation sites (N-methyl/N-ethyl adjacent to an activating group) is 1. The first-order chi connectivity index (χ1) is 20.0. The van der Waals surface area contributed by atoms with Crippen LogP contribution in [0.4, 0.5) is 30.5 Å². The number of ether oxygens (including phenoxy) is 1. The number of benzene rings is 1.